The van der Waals surface area contributed by atoms with Crippen LogP contribution in [0.1, 0.15) is 16.1 Å². The number of fused-ring (bicyclic) bond motifs is 1. The van der Waals surface area contributed by atoms with Crippen LogP contribution < -0.4 is 10.6 Å². The van der Waals surface area contributed by atoms with Gasteiger partial charge in [-0.05, 0) is 60.6 Å². The molecule has 0 saturated heterocycles. The number of nitrogens with zero attached hydrogens (tertiary/aromatic N) is 1. The van der Waals surface area contributed by atoms with Crippen molar-refractivity contribution in [2.75, 3.05) is 10.6 Å². The predicted octanol–water partition coefficient (Wildman–Crippen LogP) is 6.00. The van der Waals surface area contributed by atoms with Crippen molar-refractivity contribution in [2.24, 2.45) is 0 Å². The van der Waals surface area contributed by atoms with E-state index in [1.165, 1.54) is 10.3 Å². The molecular weight excluding hydrogens is 370 g/mol. The summed E-state index contributed by atoms with van der Waals surface area (Å²) in [6, 6.07) is 24.7. The Morgan fingerprint density at radius 2 is 1.67 bits per heavy atom. The highest BCUT2D eigenvalue weighted by Crippen LogP contribution is 2.24. The molecule has 0 spiro atoms. The molecule has 3 nitrogen and oxygen atoms in total. The lowest BCUT2D eigenvalue weighted by atomic mass is 10.1. The van der Waals surface area contributed by atoms with Crippen LogP contribution in [0.15, 0.2) is 72.8 Å². The van der Waals surface area contributed by atoms with Crippen molar-refractivity contribution in [1.82, 2.24) is 4.98 Å². The van der Waals surface area contributed by atoms with E-state index in [0.717, 1.165) is 33.9 Å². The van der Waals surface area contributed by atoms with Gasteiger partial charge >= 0.3 is 0 Å². The van der Waals surface area contributed by atoms with Crippen LogP contribution in [0.4, 0.5) is 11.4 Å². The van der Waals surface area contributed by atoms with E-state index in [0.29, 0.717) is 5.11 Å². The zero-order valence-corrected chi connectivity index (χ0v) is 16.5. The summed E-state index contributed by atoms with van der Waals surface area (Å²) in [5, 5.41) is 8.20. The molecule has 0 amide bonds. The molecule has 1 heterocycles. The quantitative estimate of drug-likeness (QED) is 0.420. The van der Waals surface area contributed by atoms with Crippen molar-refractivity contribution >= 4 is 50.3 Å². The number of aromatic nitrogens is 1. The second-order valence-electron chi connectivity index (χ2n) is 6.34. The molecule has 5 heteroatoms. The Kier molecular flexibility index (Phi) is 5.14. The third-order valence-electron chi connectivity index (χ3n) is 4.30. The van der Waals surface area contributed by atoms with Gasteiger partial charge in [0, 0.05) is 17.8 Å². The first-order valence-corrected chi connectivity index (χ1v) is 9.97. The first-order chi connectivity index (χ1) is 13.2. The van der Waals surface area contributed by atoms with E-state index in [9.17, 15) is 0 Å². The summed E-state index contributed by atoms with van der Waals surface area (Å²) in [5.74, 6) is 0. The van der Waals surface area contributed by atoms with Gasteiger partial charge < -0.3 is 10.6 Å². The lowest BCUT2D eigenvalue weighted by molar-refractivity contribution is 1.16. The van der Waals surface area contributed by atoms with Crippen LogP contribution in [0, 0.1) is 6.92 Å². The van der Waals surface area contributed by atoms with Crippen molar-refractivity contribution < 1.29 is 0 Å². The summed E-state index contributed by atoms with van der Waals surface area (Å²) in [6.07, 6.45) is 0.839. The first-order valence-electron chi connectivity index (χ1n) is 8.74. The van der Waals surface area contributed by atoms with Crippen LogP contribution >= 0.6 is 23.6 Å². The molecule has 2 N–H and O–H groups in total. The summed E-state index contributed by atoms with van der Waals surface area (Å²) in [4.78, 5) is 4.71. The summed E-state index contributed by atoms with van der Waals surface area (Å²) in [5.41, 5.74) is 5.45. The number of anilines is 2. The number of rotatable bonds is 4. The first kappa shape index (κ1) is 17.6. The highest BCUT2D eigenvalue weighted by Gasteiger charge is 2.05. The topological polar surface area (TPSA) is 37.0 Å². The second-order valence-corrected chi connectivity index (χ2v) is 7.87. The number of hydrogen-bond donors (Lipinski definition) is 2. The van der Waals surface area contributed by atoms with Crippen LogP contribution in [0.25, 0.3) is 10.2 Å². The van der Waals surface area contributed by atoms with Gasteiger partial charge in [0.1, 0.15) is 0 Å². The molecule has 1 aromatic heterocycles. The molecule has 27 heavy (non-hydrogen) atoms. The predicted molar refractivity (Wildman–Crippen MR) is 120 cm³/mol. The average molecular weight is 390 g/mol. The Morgan fingerprint density at radius 3 is 2.44 bits per heavy atom. The molecule has 0 bridgehead atoms. The highest BCUT2D eigenvalue weighted by molar-refractivity contribution is 7.80. The number of aryl methyl sites for hydroxylation is 1. The largest absolute Gasteiger partial charge is 0.332 e. The van der Waals surface area contributed by atoms with E-state index >= 15 is 0 Å². The Morgan fingerprint density at radius 1 is 0.926 bits per heavy atom. The molecule has 0 radical (unpaired) electrons. The monoisotopic (exact) mass is 389 g/mol. The Hall–Kier alpha value is -2.76. The Balaban J connectivity index is 1.39. The number of para-hydroxylation sites is 2. The van der Waals surface area contributed by atoms with Crippen LogP contribution in [0.3, 0.4) is 0 Å². The molecule has 0 aliphatic heterocycles. The molecule has 0 fully saturated rings. The van der Waals surface area contributed by atoms with Crippen molar-refractivity contribution in [3.05, 3.63) is 88.9 Å². The molecule has 0 saturated carbocycles. The normalized spacial score (nSPS) is 10.7. The van der Waals surface area contributed by atoms with Gasteiger partial charge in [0.25, 0.3) is 0 Å². The second kappa shape index (κ2) is 7.86. The average Bonchev–Trinajstić information content (AvgIpc) is 3.07. The molecule has 0 atom stereocenters. The van der Waals surface area contributed by atoms with Crippen molar-refractivity contribution in [3.63, 3.8) is 0 Å². The molecule has 3 aromatic carbocycles. The lowest BCUT2D eigenvalue weighted by Crippen LogP contribution is -2.19. The third-order valence-corrected chi connectivity index (χ3v) is 5.54. The zero-order valence-electron chi connectivity index (χ0n) is 14.9. The number of thiocarbonyl (C=S) groups is 1. The summed E-state index contributed by atoms with van der Waals surface area (Å²) >= 11 is 7.17. The molecule has 4 aromatic rings. The third kappa shape index (κ3) is 4.32. The number of thiazole rings is 1. The molecule has 0 unspecified atom stereocenters. The van der Waals surface area contributed by atoms with Crippen molar-refractivity contribution in [2.45, 2.75) is 13.3 Å². The van der Waals surface area contributed by atoms with E-state index in [2.05, 4.69) is 66.1 Å². The van der Waals surface area contributed by atoms with E-state index in [1.54, 1.807) is 11.3 Å². The van der Waals surface area contributed by atoms with E-state index in [1.807, 2.05) is 24.3 Å². The molecule has 0 aliphatic carbocycles. The Labute approximate surface area is 168 Å². The van der Waals surface area contributed by atoms with E-state index < -0.39 is 0 Å². The maximum atomic E-state index is 5.42. The smallest absolute Gasteiger partial charge is 0.175 e. The van der Waals surface area contributed by atoms with Gasteiger partial charge in [0.05, 0.1) is 15.2 Å². The van der Waals surface area contributed by atoms with Crippen LogP contribution in [0.5, 0.6) is 0 Å². The minimum atomic E-state index is 0.586. The molecule has 134 valence electrons. The maximum absolute atomic E-state index is 5.42. The van der Waals surface area contributed by atoms with Gasteiger partial charge in [-0.3, -0.25) is 0 Å². The number of nitrogens with one attached hydrogen (secondary N) is 2. The number of benzene rings is 3. The fourth-order valence-electron chi connectivity index (χ4n) is 2.87. The summed E-state index contributed by atoms with van der Waals surface area (Å²) in [6.45, 7) is 2.06. The zero-order chi connectivity index (χ0) is 18.6. The van der Waals surface area contributed by atoms with Crippen molar-refractivity contribution in [1.29, 1.82) is 0 Å². The minimum absolute atomic E-state index is 0.586. The summed E-state index contributed by atoms with van der Waals surface area (Å²) in [7, 11) is 0. The van der Waals surface area contributed by atoms with Gasteiger partial charge in [-0.1, -0.05) is 42.5 Å². The van der Waals surface area contributed by atoms with Gasteiger partial charge in [-0.15, -0.1) is 11.3 Å². The fraction of sp³-hybridized carbons (Fsp3) is 0.0909. The molecular formula is C22H19N3S2. The van der Waals surface area contributed by atoms with Crippen LogP contribution in [0.2, 0.25) is 0 Å². The standard InChI is InChI=1S/C22H19N3S2/c1-15-6-2-3-7-18(15)25-22(26)23-17-12-10-16(11-13-17)14-21-24-19-8-4-5-9-20(19)27-21/h2-13H,14H2,1H3,(H2,23,25,26). The fourth-order valence-corrected chi connectivity index (χ4v) is 4.10. The maximum Gasteiger partial charge on any atom is 0.175 e. The van der Waals surface area contributed by atoms with Crippen LogP contribution in [-0.4, -0.2) is 10.1 Å². The summed E-state index contributed by atoms with van der Waals surface area (Å²) < 4.78 is 1.23. The minimum Gasteiger partial charge on any atom is -0.332 e. The molecule has 4 rings (SSSR count). The van der Waals surface area contributed by atoms with Crippen molar-refractivity contribution in [3.8, 4) is 0 Å². The van der Waals surface area contributed by atoms with E-state index in [-0.39, 0.29) is 0 Å². The molecule has 0 aliphatic rings. The Bertz CT molecular complexity index is 1050. The van der Waals surface area contributed by atoms with Crippen LogP contribution in [-0.2, 0) is 6.42 Å². The van der Waals surface area contributed by atoms with Gasteiger partial charge in [-0.2, -0.15) is 0 Å². The SMILES string of the molecule is Cc1ccccc1NC(=S)Nc1ccc(Cc2nc3ccccc3s2)cc1. The van der Waals surface area contributed by atoms with E-state index in [4.69, 9.17) is 17.2 Å². The highest BCUT2D eigenvalue weighted by atomic mass is 32.1. The van der Waals surface area contributed by atoms with Gasteiger partial charge in [0.2, 0.25) is 0 Å². The van der Waals surface area contributed by atoms with Gasteiger partial charge in [-0.25, -0.2) is 4.98 Å². The van der Waals surface area contributed by atoms with Gasteiger partial charge in [0.15, 0.2) is 5.11 Å². The number of hydrogen-bond acceptors (Lipinski definition) is 3. The lowest BCUT2D eigenvalue weighted by Gasteiger charge is -2.12.